The van der Waals surface area contributed by atoms with E-state index in [0.717, 1.165) is 5.56 Å². The first-order chi connectivity index (χ1) is 11.5. The first kappa shape index (κ1) is 15.7. The lowest BCUT2D eigenvalue weighted by molar-refractivity contribution is -0.119. The molecular weight excluding hydrogens is 312 g/mol. The lowest BCUT2D eigenvalue weighted by Gasteiger charge is -2.13. The number of nitrogens with one attached hydrogen (secondary N) is 2. The molecule has 0 saturated heterocycles. The highest BCUT2D eigenvalue weighted by molar-refractivity contribution is 6.12. The van der Waals surface area contributed by atoms with Gasteiger partial charge in [0.1, 0.15) is 11.4 Å². The van der Waals surface area contributed by atoms with Gasteiger partial charge in [-0.25, -0.2) is 4.79 Å². The van der Waals surface area contributed by atoms with E-state index < -0.39 is 11.9 Å². The number of benzene rings is 1. The summed E-state index contributed by atoms with van der Waals surface area (Å²) in [5, 5.41) is 9.67. The molecule has 8 nitrogen and oxygen atoms in total. The number of imide groups is 1. The summed E-state index contributed by atoms with van der Waals surface area (Å²) in [6.07, 6.45) is 0.0877. The molecule has 8 heteroatoms. The maximum atomic E-state index is 12.0. The Morgan fingerprint density at radius 2 is 2.04 bits per heavy atom. The van der Waals surface area contributed by atoms with E-state index in [2.05, 4.69) is 20.5 Å². The number of aryl methyl sites for hydroxylation is 1. The summed E-state index contributed by atoms with van der Waals surface area (Å²) in [5.41, 5.74) is 2.25. The van der Waals surface area contributed by atoms with Crippen LogP contribution in [-0.2, 0) is 29.5 Å². The minimum Gasteiger partial charge on any atom is -0.465 e. The maximum absolute atomic E-state index is 12.0. The number of hydrogen-bond acceptors (Lipinski definition) is 6. The molecule has 2 aromatic rings. The van der Waals surface area contributed by atoms with Crippen LogP contribution in [0.3, 0.4) is 0 Å². The SMILES string of the molecule is COC(=O)c1ccc(CNc2c3c(nn2C)CC(=O)NC3=O)cc1. The summed E-state index contributed by atoms with van der Waals surface area (Å²) in [6.45, 7) is 0.439. The van der Waals surface area contributed by atoms with Crippen molar-refractivity contribution >= 4 is 23.6 Å². The van der Waals surface area contributed by atoms with Crippen LogP contribution in [0.1, 0.15) is 32.0 Å². The van der Waals surface area contributed by atoms with Crippen LogP contribution in [0.15, 0.2) is 24.3 Å². The number of hydrogen-bond donors (Lipinski definition) is 2. The van der Waals surface area contributed by atoms with Gasteiger partial charge in [0.05, 0.1) is 24.8 Å². The molecule has 3 rings (SSSR count). The van der Waals surface area contributed by atoms with Gasteiger partial charge in [-0.1, -0.05) is 12.1 Å². The van der Waals surface area contributed by atoms with E-state index in [0.29, 0.717) is 29.2 Å². The molecular formula is C16H16N4O4. The fourth-order valence-electron chi connectivity index (χ4n) is 2.59. The van der Waals surface area contributed by atoms with Gasteiger partial charge in [-0.15, -0.1) is 0 Å². The molecule has 0 radical (unpaired) electrons. The minimum absolute atomic E-state index is 0.0877. The van der Waals surface area contributed by atoms with E-state index in [1.165, 1.54) is 7.11 Å². The molecule has 2 amide bonds. The van der Waals surface area contributed by atoms with E-state index in [4.69, 9.17) is 0 Å². The zero-order valence-corrected chi connectivity index (χ0v) is 13.3. The number of ether oxygens (including phenoxy) is 1. The number of aromatic nitrogens is 2. The molecule has 2 heterocycles. The average molecular weight is 328 g/mol. The quantitative estimate of drug-likeness (QED) is 0.630. The lowest BCUT2D eigenvalue weighted by Crippen LogP contribution is -2.37. The molecule has 0 bridgehead atoms. The van der Waals surface area contributed by atoms with Crippen LogP contribution in [0.4, 0.5) is 5.82 Å². The van der Waals surface area contributed by atoms with Crippen LogP contribution in [0, 0.1) is 0 Å². The molecule has 0 spiro atoms. The highest BCUT2D eigenvalue weighted by Crippen LogP contribution is 2.23. The van der Waals surface area contributed by atoms with Crippen LogP contribution in [0.2, 0.25) is 0 Å². The van der Waals surface area contributed by atoms with Crippen molar-refractivity contribution in [3.63, 3.8) is 0 Å². The molecule has 0 fully saturated rings. The second kappa shape index (κ2) is 6.15. The molecule has 2 N–H and O–H groups in total. The van der Waals surface area contributed by atoms with Crippen molar-refractivity contribution in [1.29, 1.82) is 0 Å². The number of rotatable bonds is 4. The highest BCUT2D eigenvalue weighted by Gasteiger charge is 2.29. The van der Waals surface area contributed by atoms with E-state index in [1.807, 2.05) is 0 Å². The Bertz CT molecular complexity index is 823. The number of esters is 1. The van der Waals surface area contributed by atoms with Crippen LogP contribution >= 0.6 is 0 Å². The monoisotopic (exact) mass is 328 g/mol. The minimum atomic E-state index is -0.446. The molecule has 0 saturated carbocycles. The number of carbonyl (C=O) groups excluding carboxylic acids is 3. The normalized spacial score (nSPS) is 13.2. The molecule has 24 heavy (non-hydrogen) atoms. The summed E-state index contributed by atoms with van der Waals surface area (Å²) in [5.74, 6) is -0.642. The van der Waals surface area contributed by atoms with Crippen molar-refractivity contribution < 1.29 is 19.1 Å². The predicted molar refractivity (Wildman–Crippen MR) is 84.5 cm³/mol. The second-order valence-electron chi connectivity index (χ2n) is 5.39. The summed E-state index contributed by atoms with van der Waals surface area (Å²) in [4.78, 5) is 34.8. The van der Waals surface area contributed by atoms with Crippen molar-refractivity contribution in [2.24, 2.45) is 7.05 Å². The zero-order valence-electron chi connectivity index (χ0n) is 13.3. The summed E-state index contributed by atoms with van der Waals surface area (Å²) >= 11 is 0. The number of nitrogens with zero attached hydrogens (tertiary/aromatic N) is 2. The Kier molecular flexibility index (Phi) is 4.03. The predicted octanol–water partition coefficient (Wildman–Crippen LogP) is 0.631. The smallest absolute Gasteiger partial charge is 0.337 e. The third kappa shape index (κ3) is 2.85. The van der Waals surface area contributed by atoms with Crippen LogP contribution < -0.4 is 10.6 Å². The summed E-state index contributed by atoms with van der Waals surface area (Å²) < 4.78 is 6.20. The van der Waals surface area contributed by atoms with Crippen LogP contribution in [-0.4, -0.2) is 34.7 Å². The maximum Gasteiger partial charge on any atom is 0.337 e. The first-order valence-corrected chi connectivity index (χ1v) is 7.30. The molecule has 0 aliphatic carbocycles. The molecule has 1 aliphatic heterocycles. The lowest BCUT2D eigenvalue weighted by atomic mass is 10.1. The average Bonchev–Trinajstić information content (AvgIpc) is 2.88. The molecule has 1 aliphatic rings. The van der Waals surface area contributed by atoms with Gasteiger partial charge >= 0.3 is 5.97 Å². The van der Waals surface area contributed by atoms with E-state index >= 15 is 0 Å². The van der Waals surface area contributed by atoms with Gasteiger partial charge in [0.2, 0.25) is 5.91 Å². The highest BCUT2D eigenvalue weighted by atomic mass is 16.5. The van der Waals surface area contributed by atoms with Gasteiger partial charge in [-0.2, -0.15) is 5.10 Å². The van der Waals surface area contributed by atoms with Gasteiger partial charge in [0, 0.05) is 13.6 Å². The summed E-state index contributed by atoms with van der Waals surface area (Å²) in [7, 11) is 3.04. The van der Waals surface area contributed by atoms with Gasteiger partial charge in [0.25, 0.3) is 5.91 Å². The van der Waals surface area contributed by atoms with Gasteiger partial charge in [0.15, 0.2) is 0 Å². The molecule has 124 valence electrons. The number of fused-ring (bicyclic) bond motifs is 1. The molecule has 0 unspecified atom stereocenters. The Morgan fingerprint density at radius 3 is 2.71 bits per heavy atom. The largest absolute Gasteiger partial charge is 0.465 e. The third-order valence-electron chi connectivity index (χ3n) is 3.76. The van der Waals surface area contributed by atoms with Gasteiger partial charge in [-0.3, -0.25) is 19.6 Å². The number of methoxy groups -OCH3 is 1. The molecule has 0 atom stereocenters. The fourth-order valence-corrected chi connectivity index (χ4v) is 2.59. The van der Waals surface area contributed by atoms with E-state index in [1.54, 1.807) is 36.0 Å². The van der Waals surface area contributed by atoms with Gasteiger partial charge in [-0.05, 0) is 17.7 Å². The Labute approximate surface area is 137 Å². The van der Waals surface area contributed by atoms with Crippen molar-refractivity contribution in [2.45, 2.75) is 13.0 Å². The molecule has 1 aromatic carbocycles. The first-order valence-electron chi connectivity index (χ1n) is 7.30. The van der Waals surface area contributed by atoms with Crippen molar-refractivity contribution in [2.75, 3.05) is 12.4 Å². The Morgan fingerprint density at radius 1 is 1.33 bits per heavy atom. The summed E-state index contributed by atoms with van der Waals surface area (Å²) in [6, 6.07) is 6.94. The van der Waals surface area contributed by atoms with Crippen molar-refractivity contribution in [3.8, 4) is 0 Å². The number of anilines is 1. The Balaban J connectivity index is 1.77. The van der Waals surface area contributed by atoms with Crippen molar-refractivity contribution in [1.82, 2.24) is 15.1 Å². The standard InChI is InChI=1S/C16H16N4O4/c1-20-14(13-11(19-20)7-12(21)18-15(13)22)17-8-9-3-5-10(6-4-9)16(23)24-2/h3-6,17H,7-8H2,1-2H3,(H,18,21,22). The molecule has 1 aromatic heterocycles. The van der Waals surface area contributed by atoms with Crippen LogP contribution in [0.25, 0.3) is 0 Å². The van der Waals surface area contributed by atoms with Gasteiger partial charge < -0.3 is 10.1 Å². The zero-order chi connectivity index (χ0) is 17.3. The van der Waals surface area contributed by atoms with E-state index in [-0.39, 0.29) is 12.3 Å². The fraction of sp³-hybridized carbons (Fsp3) is 0.250. The second-order valence-corrected chi connectivity index (χ2v) is 5.39. The van der Waals surface area contributed by atoms with Crippen molar-refractivity contribution in [3.05, 3.63) is 46.6 Å². The topological polar surface area (TPSA) is 102 Å². The Hall–Kier alpha value is -3.16. The number of amides is 2. The number of carbonyl (C=O) groups is 3. The van der Waals surface area contributed by atoms with E-state index in [9.17, 15) is 14.4 Å². The third-order valence-corrected chi connectivity index (χ3v) is 3.76. The van der Waals surface area contributed by atoms with Crippen LogP contribution in [0.5, 0.6) is 0 Å².